The maximum absolute atomic E-state index is 5.77. The molecule has 0 atom stereocenters. The van der Waals surface area contributed by atoms with Crippen LogP contribution in [-0.2, 0) is 6.54 Å². The molecule has 2 rings (SSSR count). The van der Waals surface area contributed by atoms with Crippen LogP contribution in [0.4, 0.5) is 5.69 Å². The maximum atomic E-state index is 5.77. The average Bonchev–Trinajstić information content (AvgIpc) is 2.52. The molecule has 0 radical (unpaired) electrons. The first-order valence-corrected chi connectivity index (χ1v) is 8.64. The predicted octanol–water partition coefficient (Wildman–Crippen LogP) is 5.48. The summed E-state index contributed by atoms with van der Waals surface area (Å²) in [6, 6.07) is 10.5. The quantitative estimate of drug-likeness (QED) is 0.693. The lowest BCUT2D eigenvalue weighted by molar-refractivity contribution is 0.292. The van der Waals surface area contributed by atoms with Gasteiger partial charge in [0.25, 0.3) is 0 Å². The van der Waals surface area contributed by atoms with Gasteiger partial charge in [-0.2, -0.15) is 0 Å². The lowest BCUT2D eigenvalue weighted by atomic mass is 10.1. The van der Waals surface area contributed by atoms with Crippen LogP contribution in [0.15, 0.2) is 34.8 Å². The van der Waals surface area contributed by atoms with E-state index < -0.39 is 0 Å². The molecule has 0 fully saturated rings. The number of benzene rings is 2. The van der Waals surface area contributed by atoms with E-state index in [0.717, 1.165) is 40.2 Å². The predicted molar refractivity (Wildman–Crippen MR) is 99.7 cm³/mol. The van der Waals surface area contributed by atoms with Crippen molar-refractivity contribution in [2.24, 2.45) is 0 Å². The van der Waals surface area contributed by atoms with E-state index in [4.69, 9.17) is 9.47 Å². The van der Waals surface area contributed by atoms with Gasteiger partial charge in [-0.3, -0.25) is 0 Å². The van der Waals surface area contributed by atoms with E-state index in [1.807, 2.05) is 6.07 Å². The molecule has 0 heterocycles. The molecule has 0 amide bonds. The lowest BCUT2D eigenvalue weighted by Gasteiger charge is -2.15. The highest BCUT2D eigenvalue weighted by atomic mass is 79.9. The van der Waals surface area contributed by atoms with Crippen molar-refractivity contribution in [2.45, 2.75) is 33.7 Å². The Morgan fingerprint density at radius 2 is 1.91 bits per heavy atom. The Kier molecular flexibility index (Phi) is 6.34. The van der Waals surface area contributed by atoms with Crippen LogP contribution in [0.3, 0.4) is 0 Å². The van der Waals surface area contributed by atoms with Crippen molar-refractivity contribution in [3.63, 3.8) is 0 Å². The minimum atomic E-state index is 0.676. The molecule has 1 N–H and O–H groups in total. The Balaban J connectivity index is 2.15. The van der Waals surface area contributed by atoms with Gasteiger partial charge in [-0.25, -0.2) is 0 Å². The highest BCUT2D eigenvalue weighted by Crippen LogP contribution is 2.37. The summed E-state index contributed by atoms with van der Waals surface area (Å²) < 4.78 is 12.2. The monoisotopic (exact) mass is 377 g/mol. The smallest absolute Gasteiger partial charge is 0.175 e. The standard InChI is InChI=1S/C19H24BrNO2/c1-5-8-23-19-16(20)10-15(11-18(19)22-4)12-21-17-7-6-13(2)9-14(17)3/h6-7,9-11,21H,5,8,12H2,1-4H3. The van der Waals surface area contributed by atoms with Crippen LogP contribution in [-0.4, -0.2) is 13.7 Å². The minimum Gasteiger partial charge on any atom is -0.493 e. The molecule has 3 nitrogen and oxygen atoms in total. The fourth-order valence-electron chi connectivity index (χ4n) is 2.43. The van der Waals surface area contributed by atoms with Crippen molar-refractivity contribution in [1.82, 2.24) is 0 Å². The first-order valence-electron chi connectivity index (χ1n) is 7.85. The van der Waals surface area contributed by atoms with Crippen molar-refractivity contribution in [2.75, 3.05) is 19.0 Å². The summed E-state index contributed by atoms with van der Waals surface area (Å²) in [6.07, 6.45) is 0.964. The molecule has 0 aromatic heterocycles. The Bertz CT molecular complexity index is 671. The molecular weight excluding hydrogens is 354 g/mol. The normalized spacial score (nSPS) is 10.5. The number of hydrogen-bond acceptors (Lipinski definition) is 3. The molecule has 2 aromatic rings. The summed E-state index contributed by atoms with van der Waals surface area (Å²) in [5.74, 6) is 1.52. The van der Waals surface area contributed by atoms with Crippen molar-refractivity contribution < 1.29 is 9.47 Å². The van der Waals surface area contributed by atoms with Gasteiger partial charge >= 0.3 is 0 Å². The second kappa shape index (κ2) is 8.25. The van der Waals surface area contributed by atoms with Gasteiger partial charge in [0.15, 0.2) is 11.5 Å². The summed E-state index contributed by atoms with van der Waals surface area (Å²) in [5, 5.41) is 3.48. The third-order valence-electron chi connectivity index (χ3n) is 3.60. The molecule has 124 valence electrons. The fraction of sp³-hybridized carbons (Fsp3) is 0.368. The molecule has 2 aromatic carbocycles. The van der Waals surface area contributed by atoms with Crippen molar-refractivity contribution >= 4 is 21.6 Å². The number of methoxy groups -OCH3 is 1. The largest absolute Gasteiger partial charge is 0.493 e. The topological polar surface area (TPSA) is 30.5 Å². The van der Waals surface area contributed by atoms with Crippen molar-refractivity contribution in [3.05, 3.63) is 51.5 Å². The van der Waals surface area contributed by atoms with Gasteiger partial charge in [0, 0.05) is 12.2 Å². The van der Waals surface area contributed by atoms with Gasteiger partial charge in [0.2, 0.25) is 0 Å². The number of ether oxygens (including phenoxy) is 2. The summed E-state index contributed by atoms with van der Waals surface area (Å²) in [7, 11) is 1.67. The zero-order valence-corrected chi connectivity index (χ0v) is 15.8. The minimum absolute atomic E-state index is 0.676. The molecular formula is C19H24BrNO2. The second-order valence-electron chi connectivity index (χ2n) is 5.63. The zero-order valence-electron chi connectivity index (χ0n) is 14.2. The van der Waals surface area contributed by atoms with E-state index in [0.29, 0.717) is 6.61 Å². The Labute approximate surface area is 147 Å². The van der Waals surface area contributed by atoms with Crippen LogP contribution in [0.5, 0.6) is 11.5 Å². The zero-order chi connectivity index (χ0) is 16.8. The number of hydrogen-bond donors (Lipinski definition) is 1. The van der Waals surface area contributed by atoms with Crippen LogP contribution in [0.25, 0.3) is 0 Å². The van der Waals surface area contributed by atoms with Crippen LogP contribution >= 0.6 is 15.9 Å². The lowest BCUT2D eigenvalue weighted by Crippen LogP contribution is -2.04. The van der Waals surface area contributed by atoms with Crippen molar-refractivity contribution in [1.29, 1.82) is 0 Å². The third-order valence-corrected chi connectivity index (χ3v) is 4.19. The Morgan fingerprint density at radius 1 is 1.13 bits per heavy atom. The molecule has 0 spiro atoms. The number of anilines is 1. The van der Waals surface area contributed by atoms with Crippen LogP contribution in [0, 0.1) is 13.8 Å². The maximum Gasteiger partial charge on any atom is 0.175 e. The van der Waals surface area contributed by atoms with Gasteiger partial charge in [-0.05, 0) is 65.5 Å². The molecule has 0 saturated carbocycles. The van der Waals surface area contributed by atoms with Gasteiger partial charge in [-0.1, -0.05) is 24.6 Å². The van der Waals surface area contributed by atoms with E-state index in [-0.39, 0.29) is 0 Å². The van der Waals surface area contributed by atoms with Crippen molar-refractivity contribution in [3.8, 4) is 11.5 Å². The number of halogens is 1. The fourth-order valence-corrected chi connectivity index (χ4v) is 3.03. The molecule has 0 saturated heterocycles. The van der Waals surface area contributed by atoms with Gasteiger partial charge in [-0.15, -0.1) is 0 Å². The van der Waals surface area contributed by atoms with Gasteiger partial charge in [0.05, 0.1) is 18.2 Å². The SMILES string of the molecule is CCCOc1c(Br)cc(CNc2ccc(C)cc2C)cc1OC. The summed E-state index contributed by atoms with van der Waals surface area (Å²) in [4.78, 5) is 0. The van der Waals surface area contributed by atoms with Crippen LogP contribution in [0.1, 0.15) is 30.0 Å². The summed E-state index contributed by atoms with van der Waals surface area (Å²) in [5.41, 5.74) is 4.81. The summed E-state index contributed by atoms with van der Waals surface area (Å²) >= 11 is 3.59. The molecule has 0 aliphatic carbocycles. The average molecular weight is 378 g/mol. The first-order chi connectivity index (χ1) is 11.0. The first kappa shape index (κ1) is 17.7. The third kappa shape index (κ3) is 4.64. The highest BCUT2D eigenvalue weighted by Gasteiger charge is 2.11. The molecule has 0 aliphatic rings. The Hall–Kier alpha value is -1.68. The molecule has 0 bridgehead atoms. The highest BCUT2D eigenvalue weighted by molar-refractivity contribution is 9.10. The molecule has 4 heteroatoms. The molecule has 0 aliphatic heterocycles. The second-order valence-corrected chi connectivity index (χ2v) is 6.48. The van der Waals surface area contributed by atoms with E-state index in [1.165, 1.54) is 11.1 Å². The number of aryl methyl sites for hydroxylation is 2. The van der Waals surface area contributed by atoms with E-state index in [2.05, 4.69) is 66.3 Å². The van der Waals surface area contributed by atoms with E-state index >= 15 is 0 Å². The molecule has 0 unspecified atom stereocenters. The van der Waals surface area contributed by atoms with Gasteiger partial charge in [0.1, 0.15) is 0 Å². The van der Waals surface area contributed by atoms with E-state index in [9.17, 15) is 0 Å². The van der Waals surface area contributed by atoms with Gasteiger partial charge < -0.3 is 14.8 Å². The van der Waals surface area contributed by atoms with Crippen LogP contribution < -0.4 is 14.8 Å². The number of nitrogens with one attached hydrogen (secondary N) is 1. The molecule has 23 heavy (non-hydrogen) atoms. The summed E-state index contributed by atoms with van der Waals surface area (Å²) in [6.45, 7) is 7.71. The Morgan fingerprint density at radius 3 is 2.57 bits per heavy atom. The number of rotatable bonds is 7. The van der Waals surface area contributed by atoms with E-state index in [1.54, 1.807) is 7.11 Å². The van der Waals surface area contributed by atoms with Crippen LogP contribution in [0.2, 0.25) is 0 Å².